The predicted molar refractivity (Wildman–Crippen MR) is 284 cm³/mol. The second kappa shape index (κ2) is 13.9. The molecule has 2 fully saturated rings. The van der Waals surface area contributed by atoms with Crippen molar-refractivity contribution in [3.05, 3.63) is 185 Å². The summed E-state index contributed by atoms with van der Waals surface area (Å²) in [4.78, 5) is 8.50. The quantitative estimate of drug-likeness (QED) is 0.160. The van der Waals surface area contributed by atoms with Gasteiger partial charge < -0.3 is 14.7 Å². The van der Waals surface area contributed by atoms with Crippen LogP contribution in [0.15, 0.2) is 152 Å². The minimum atomic E-state index is -1.80. The van der Waals surface area contributed by atoms with Gasteiger partial charge >= 0.3 is 0 Å². The van der Waals surface area contributed by atoms with Crippen molar-refractivity contribution in [3.63, 3.8) is 0 Å². The molecule has 0 aromatic heterocycles. The molecule has 4 atom stereocenters. The van der Waals surface area contributed by atoms with E-state index in [1.54, 1.807) is 10.8 Å². The number of fused-ring (bicyclic) bond motifs is 10. The van der Waals surface area contributed by atoms with Gasteiger partial charge in [-0.2, -0.15) is 0 Å². The zero-order valence-corrected chi connectivity index (χ0v) is 41.0. The summed E-state index contributed by atoms with van der Waals surface area (Å²) in [5, 5.41) is 1.58. The molecule has 2 aliphatic carbocycles. The largest absolute Gasteiger partial charge is 0.335 e. The highest BCUT2D eigenvalue weighted by molar-refractivity contribution is 7.01. The van der Waals surface area contributed by atoms with Crippen LogP contribution in [0.5, 0.6) is 0 Å². The first-order chi connectivity index (χ1) is 31.9. The molecule has 328 valence electrons. The van der Waals surface area contributed by atoms with Crippen LogP contribution in [0.25, 0.3) is 0 Å². The van der Waals surface area contributed by atoms with Crippen LogP contribution in [0.3, 0.4) is 0 Å². The van der Waals surface area contributed by atoms with Crippen molar-refractivity contribution in [1.29, 1.82) is 0 Å². The molecule has 66 heavy (non-hydrogen) atoms. The van der Waals surface area contributed by atoms with Crippen LogP contribution in [-0.4, -0.2) is 25.9 Å². The Kier molecular flexibility index (Phi) is 8.52. The number of hydrogen-bond donors (Lipinski definition) is 0. The topological polar surface area (TPSA) is 9.72 Å². The summed E-state index contributed by atoms with van der Waals surface area (Å²) in [6.45, 7) is 17.6. The van der Waals surface area contributed by atoms with Crippen LogP contribution >= 0.6 is 0 Å². The van der Waals surface area contributed by atoms with E-state index in [1.807, 2.05) is 0 Å². The number of rotatable bonds is 5. The minimum absolute atomic E-state index is 0.0955. The normalized spacial score (nSPS) is 25.4. The molecule has 0 N–H and O–H groups in total. The molecule has 0 bridgehead atoms. The van der Waals surface area contributed by atoms with Gasteiger partial charge in [0.1, 0.15) is 0 Å². The fourth-order valence-electron chi connectivity index (χ4n) is 15.2. The Bertz CT molecular complexity index is 3140. The number of benzene rings is 7. The van der Waals surface area contributed by atoms with E-state index >= 15 is 0 Å². The molecule has 2 saturated carbocycles. The average molecular weight is 876 g/mol. The zero-order chi connectivity index (χ0) is 45.0. The van der Waals surface area contributed by atoms with E-state index in [1.165, 1.54) is 110 Å². The number of anilines is 7. The molecule has 13 rings (SSSR count). The maximum absolute atomic E-state index is 2.97. The van der Waals surface area contributed by atoms with Crippen molar-refractivity contribution in [2.75, 3.05) is 14.7 Å². The molecule has 0 amide bonds. The first-order valence-corrected chi connectivity index (χ1v) is 28.6. The third-order valence-electron chi connectivity index (χ3n) is 18.0. The lowest BCUT2D eigenvalue weighted by molar-refractivity contribution is 0.214. The van der Waals surface area contributed by atoms with E-state index in [2.05, 4.69) is 214 Å². The van der Waals surface area contributed by atoms with E-state index in [4.69, 9.17) is 0 Å². The smallest absolute Gasteiger partial charge is 0.252 e. The lowest BCUT2D eigenvalue weighted by Gasteiger charge is -2.55. The molecule has 7 aromatic rings. The fourth-order valence-corrected chi connectivity index (χ4v) is 16.4. The lowest BCUT2D eigenvalue weighted by Crippen LogP contribution is -2.65. The molecule has 4 heterocycles. The van der Waals surface area contributed by atoms with Gasteiger partial charge in [0.15, 0.2) is 0 Å². The molecule has 3 nitrogen and oxygen atoms in total. The molecule has 0 radical (unpaired) electrons. The predicted octanol–water partition coefficient (Wildman–Crippen LogP) is 13.0. The first kappa shape index (κ1) is 40.5. The van der Waals surface area contributed by atoms with Crippen molar-refractivity contribution < 1.29 is 0 Å². The Labute approximate surface area is 394 Å². The molecule has 4 unspecified atom stereocenters. The van der Waals surface area contributed by atoms with E-state index in [9.17, 15) is 0 Å². The van der Waals surface area contributed by atoms with Crippen LogP contribution in [0, 0.1) is 13.8 Å². The number of hydrogen-bond acceptors (Lipinski definition) is 3. The lowest BCUT2D eigenvalue weighted by atomic mass is 9.33. The number of nitrogens with zero attached hydrogens (tertiary/aromatic N) is 3. The van der Waals surface area contributed by atoms with Gasteiger partial charge in [-0.25, -0.2) is 0 Å². The third-order valence-corrected chi connectivity index (χ3v) is 20.1. The van der Waals surface area contributed by atoms with Crippen molar-refractivity contribution in [2.24, 2.45) is 0 Å². The second-order valence-electron chi connectivity index (χ2n) is 22.5. The van der Waals surface area contributed by atoms with Crippen LogP contribution in [0.2, 0.25) is 19.6 Å². The van der Waals surface area contributed by atoms with Gasteiger partial charge in [-0.05, 0) is 140 Å². The average Bonchev–Trinajstić information content (AvgIpc) is 3.71. The molecule has 0 saturated heterocycles. The second-order valence-corrected chi connectivity index (χ2v) is 27.5. The first-order valence-electron chi connectivity index (χ1n) is 25.1. The van der Waals surface area contributed by atoms with E-state index < -0.39 is 8.07 Å². The molecule has 4 aliphatic heterocycles. The number of aryl methyl sites for hydroxylation is 2. The molecular weight excluding hydrogens is 814 g/mol. The van der Waals surface area contributed by atoms with E-state index in [0.717, 1.165) is 25.7 Å². The summed E-state index contributed by atoms with van der Waals surface area (Å²) in [7, 11) is -1.80. The van der Waals surface area contributed by atoms with Gasteiger partial charge in [-0.3, -0.25) is 0 Å². The van der Waals surface area contributed by atoms with E-state index in [-0.39, 0.29) is 28.6 Å². The standard InChI is InChI=1S/C61H62BN3Si/c1-41-21-20-26-45(35-41)63-53-36-42(2)29-30-50(53)62-51-40-47(66(5,6)7)39-49-57(51)65(59(4)32-17-19-34-61(49,59)44-24-12-9-13-25-44)55-38-46(37-54(63)56(55)62)64-52-28-15-14-27-48(52)60(43-22-10-8-11-23-43)33-18-16-31-58(60,64)3/h8-15,20-30,35-40H,16-19,31-34H2,1-7H3. The Hall–Kier alpha value is -5.78. The van der Waals surface area contributed by atoms with Gasteiger partial charge in [0, 0.05) is 50.6 Å². The Morgan fingerprint density at radius 2 is 1.08 bits per heavy atom. The van der Waals surface area contributed by atoms with Crippen LogP contribution in [-0.2, 0) is 10.8 Å². The van der Waals surface area contributed by atoms with Crippen molar-refractivity contribution in [2.45, 2.75) is 121 Å². The van der Waals surface area contributed by atoms with E-state index in [0.29, 0.717) is 0 Å². The molecular formula is C61H62BN3Si. The SMILES string of the molecule is Cc1cccc(N2c3cc(C)ccc3B3c4cc([Si](C)(C)C)cc5c4N(c4cc(N6c7ccccc7C7(c8ccccc8)CCCCC67C)cc2c43)C2(C)CCCCC52c2ccccc2)c1. The summed E-state index contributed by atoms with van der Waals surface area (Å²) in [6.07, 6.45) is 9.47. The molecule has 0 spiro atoms. The summed E-state index contributed by atoms with van der Waals surface area (Å²) in [5.41, 5.74) is 21.7. The van der Waals surface area contributed by atoms with Crippen molar-refractivity contribution >= 4 is 76.2 Å². The van der Waals surface area contributed by atoms with Gasteiger partial charge in [-0.1, -0.05) is 166 Å². The van der Waals surface area contributed by atoms with Crippen LogP contribution < -0.4 is 36.3 Å². The minimum Gasteiger partial charge on any atom is -0.335 e. The summed E-state index contributed by atoms with van der Waals surface area (Å²) < 4.78 is 0. The summed E-state index contributed by atoms with van der Waals surface area (Å²) in [5.74, 6) is 0. The highest BCUT2D eigenvalue weighted by Crippen LogP contribution is 2.67. The number of para-hydroxylation sites is 1. The van der Waals surface area contributed by atoms with Crippen molar-refractivity contribution in [3.8, 4) is 0 Å². The zero-order valence-electron chi connectivity index (χ0n) is 40.0. The molecule has 6 aliphatic rings. The van der Waals surface area contributed by atoms with Gasteiger partial charge in [0.25, 0.3) is 6.71 Å². The van der Waals surface area contributed by atoms with Gasteiger partial charge in [0.05, 0.1) is 19.2 Å². The van der Waals surface area contributed by atoms with Gasteiger partial charge in [0.2, 0.25) is 0 Å². The van der Waals surface area contributed by atoms with Crippen LogP contribution in [0.4, 0.5) is 39.8 Å². The highest BCUT2D eigenvalue weighted by atomic mass is 28.3. The third kappa shape index (κ3) is 5.05. The van der Waals surface area contributed by atoms with Gasteiger partial charge in [-0.15, -0.1) is 0 Å². The maximum atomic E-state index is 2.97. The Morgan fingerprint density at radius 3 is 1.76 bits per heavy atom. The maximum Gasteiger partial charge on any atom is 0.252 e. The molecule has 5 heteroatoms. The Morgan fingerprint density at radius 1 is 0.470 bits per heavy atom. The highest BCUT2D eigenvalue weighted by Gasteiger charge is 2.65. The Balaban J connectivity index is 1.18. The summed E-state index contributed by atoms with van der Waals surface area (Å²) in [6, 6.07) is 60.3. The van der Waals surface area contributed by atoms with Crippen molar-refractivity contribution in [1.82, 2.24) is 0 Å². The fraction of sp³-hybridized carbons (Fsp3) is 0.311. The molecule has 7 aromatic carbocycles. The monoisotopic (exact) mass is 875 g/mol. The summed E-state index contributed by atoms with van der Waals surface area (Å²) >= 11 is 0. The van der Waals surface area contributed by atoms with Crippen LogP contribution in [0.1, 0.15) is 98.6 Å².